The molecule has 0 saturated carbocycles. The zero-order valence-electron chi connectivity index (χ0n) is 58.8. The minimum Gasteiger partial charge on any atom is -0.309 e. The summed E-state index contributed by atoms with van der Waals surface area (Å²) in [5, 5.41) is -2.63. The molecule has 0 fully saturated rings. The Bertz CT molecular complexity index is 4970. The van der Waals surface area contributed by atoms with E-state index in [2.05, 4.69) is 9.97 Å². The van der Waals surface area contributed by atoms with Crippen LogP contribution in [-0.4, -0.2) is 19.1 Å². The Labute approximate surface area is 361 Å². The number of fused-ring (bicyclic) bond motifs is 8. The Morgan fingerprint density at radius 1 is 0.382 bits per heavy atom. The molecule has 11 rings (SSSR count). The molecule has 0 spiro atoms. The van der Waals surface area contributed by atoms with Gasteiger partial charge < -0.3 is 9.13 Å². The highest BCUT2D eigenvalue weighted by molar-refractivity contribution is 6.28. The van der Waals surface area contributed by atoms with Crippen molar-refractivity contribution in [3.05, 3.63) is 193 Å². The van der Waals surface area contributed by atoms with Crippen molar-refractivity contribution in [2.24, 2.45) is 0 Å². The SMILES string of the molecule is [2H]c1c([2H])c([2H])c(-n2c3c([2H])c([2H])c([2H])c([2H])c3c3c4c5c([2H])c([2H])c([2H])c([2H])c5n(-c5c([2H])c([2H])c(-c6c([2H])c([2H])c(-c7nc(-c8c([2H])c([2H])c(C)c([2H])c8[2H])c8c([2H])c([2H])c([2H])c([2H])c8n7)c([2H])c6[2H])c([2H])c5[2H])c4c([2H])c([2H])c32)c([2H])c1[2H]. The molecule has 0 saturated heterocycles. The zero-order chi connectivity index (χ0) is 63.4. The van der Waals surface area contributed by atoms with Crippen LogP contribution in [0.2, 0.25) is 0 Å². The Kier molecular flexibility index (Phi) is 2.98. The van der Waals surface area contributed by atoms with E-state index in [-0.39, 0.29) is 5.56 Å². The molecule has 0 N–H and O–H groups in total. The highest BCUT2D eigenvalue weighted by Gasteiger charge is 2.20. The van der Waals surface area contributed by atoms with Crippen molar-refractivity contribution in [2.45, 2.75) is 6.92 Å². The van der Waals surface area contributed by atoms with Gasteiger partial charge in [0.05, 0.1) is 75.8 Å². The summed E-state index contributed by atoms with van der Waals surface area (Å²) in [5.74, 6) is -0.787. The first-order valence-electron chi connectivity index (χ1n) is 31.7. The lowest BCUT2D eigenvalue weighted by Gasteiger charge is -2.11. The lowest BCUT2D eigenvalue weighted by atomic mass is 10.0. The van der Waals surface area contributed by atoms with Gasteiger partial charge in [-0.25, -0.2) is 9.97 Å². The van der Waals surface area contributed by atoms with Crippen LogP contribution in [0.4, 0.5) is 0 Å². The molecule has 3 heterocycles. The van der Waals surface area contributed by atoms with E-state index < -0.39 is 287 Å². The van der Waals surface area contributed by atoms with Crippen molar-refractivity contribution >= 4 is 54.5 Å². The van der Waals surface area contributed by atoms with E-state index in [0.29, 0.717) is 4.57 Å². The molecular weight excluding hydrogens is 669 g/mol. The first kappa shape index (κ1) is 13.2. The van der Waals surface area contributed by atoms with Gasteiger partial charge in [0.2, 0.25) is 0 Å². The molecule has 0 aliphatic rings. The second-order valence-corrected chi connectivity index (χ2v) is 11.9. The number of nitrogens with zero attached hydrogens (tertiary/aromatic N) is 4. The monoisotopic (exact) mass is 733 g/mol. The van der Waals surface area contributed by atoms with Crippen molar-refractivity contribution in [3.63, 3.8) is 0 Å². The molecule has 4 nitrogen and oxygen atoms in total. The molecule has 0 aliphatic carbocycles. The predicted octanol–water partition coefficient (Wildman–Crippen LogP) is 13.1. The van der Waals surface area contributed by atoms with Crippen LogP contribution in [0.25, 0.3) is 99.7 Å². The quantitative estimate of drug-likeness (QED) is 0.177. The van der Waals surface area contributed by atoms with Crippen molar-refractivity contribution in [1.82, 2.24) is 19.1 Å². The fraction of sp³-hybridized carbons (Fsp3) is 0.0196. The Morgan fingerprint density at radius 2 is 0.855 bits per heavy atom. The summed E-state index contributed by atoms with van der Waals surface area (Å²) in [4.78, 5) is 8.62. The van der Waals surface area contributed by atoms with Crippen LogP contribution in [-0.2, 0) is 0 Å². The highest BCUT2D eigenvalue weighted by Crippen LogP contribution is 2.42. The largest absolute Gasteiger partial charge is 0.309 e. The first-order valence-corrected chi connectivity index (χ1v) is 16.2. The van der Waals surface area contributed by atoms with E-state index in [0.717, 1.165) is 4.57 Å². The summed E-state index contributed by atoms with van der Waals surface area (Å²) in [6, 6.07) is -28.2. The van der Waals surface area contributed by atoms with Gasteiger partial charge in [0, 0.05) is 49.4 Å². The zero-order valence-corrected chi connectivity index (χ0v) is 27.8. The number of para-hydroxylation sites is 4. The van der Waals surface area contributed by atoms with Gasteiger partial charge in [-0.1, -0.05) is 138 Å². The molecule has 4 heteroatoms. The maximum absolute atomic E-state index is 9.71. The molecule has 0 aliphatic heterocycles. The van der Waals surface area contributed by atoms with Crippen LogP contribution in [0.15, 0.2) is 187 Å². The molecule has 8 aromatic carbocycles. The van der Waals surface area contributed by atoms with E-state index in [1.807, 2.05) is 0 Å². The second kappa shape index (κ2) is 12.4. The number of hydrogen-bond donors (Lipinski definition) is 0. The third kappa shape index (κ3) is 4.99. The summed E-state index contributed by atoms with van der Waals surface area (Å²) in [7, 11) is 0. The summed E-state index contributed by atoms with van der Waals surface area (Å²) in [6.07, 6.45) is 0. The molecule has 11 aromatic rings. The van der Waals surface area contributed by atoms with E-state index in [1.54, 1.807) is 0 Å². The molecular formula is C51H34N4. The van der Waals surface area contributed by atoms with Crippen molar-refractivity contribution in [1.29, 1.82) is 0 Å². The Balaban J connectivity index is 1.25. The van der Waals surface area contributed by atoms with Crippen LogP contribution >= 0.6 is 0 Å². The van der Waals surface area contributed by atoms with Gasteiger partial charge in [-0.15, -0.1) is 0 Å². The van der Waals surface area contributed by atoms with E-state index in [1.165, 1.54) is 6.92 Å². The molecule has 0 bridgehead atoms. The van der Waals surface area contributed by atoms with Gasteiger partial charge in [-0.05, 0) is 72.4 Å². The van der Waals surface area contributed by atoms with Crippen molar-refractivity contribution < 1.29 is 42.5 Å². The highest BCUT2D eigenvalue weighted by atomic mass is 15.0. The third-order valence-corrected chi connectivity index (χ3v) is 8.72. The smallest absolute Gasteiger partial charge is 0.160 e. The summed E-state index contributed by atoms with van der Waals surface area (Å²) >= 11 is 0. The van der Waals surface area contributed by atoms with Gasteiger partial charge in [-0.3, -0.25) is 0 Å². The maximum atomic E-state index is 9.71. The van der Waals surface area contributed by atoms with Crippen LogP contribution < -0.4 is 0 Å². The minimum absolute atomic E-state index is 0.0906. The van der Waals surface area contributed by atoms with Crippen molar-refractivity contribution in [2.75, 3.05) is 0 Å². The molecule has 55 heavy (non-hydrogen) atoms. The topological polar surface area (TPSA) is 35.6 Å². The predicted molar refractivity (Wildman–Crippen MR) is 229 cm³/mol. The molecule has 0 amide bonds. The number of hydrogen-bond acceptors (Lipinski definition) is 2. The maximum Gasteiger partial charge on any atom is 0.160 e. The number of rotatable bonds is 5. The molecule has 0 unspecified atom stereocenters. The van der Waals surface area contributed by atoms with Crippen LogP contribution in [0.5, 0.6) is 0 Å². The van der Waals surface area contributed by atoms with Gasteiger partial charge in [-0.2, -0.15) is 0 Å². The average Bonchev–Trinajstić information content (AvgIpc) is 1.50. The molecule has 258 valence electrons. The van der Waals surface area contributed by atoms with E-state index in [9.17, 15) is 17.8 Å². The summed E-state index contributed by atoms with van der Waals surface area (Å²) in [5.41, 5.74) is -8.70. The average molecular weight is 734 g/mol. The fourth-order valence-electron chi connectivity index (χ4n) is 6.37. The van der Waals surface area contributed by atoms with E-state index >= 15 is 0 Å². The fourth-order valence-corrected chi connectivity index (χ4v) is 6.37. The molecule has 0 radical (unpaired) electrons. The lowest BCUT2D eigenvalue weighted by Crippen LogP contribution is -1.95. The molecule has 0 atom stereocenters. The van der Waals surface area contributed by atoms with Gasteiger partial charge in [0.15, 0.2) is 5.82 Å². The Morgan fingerprint density at radius 3 is 1.47 bits per heavy atom. The van der Waals surface area contributed by atoms with Crippen LogP contribution in [0, 0.1) is 6.92 Å². The summed E-state index contributed by atoms with van der Waals surface area (Å²) < 4.78 is 281. The van der Waals surface area contributed by atoms with Crippen LogP contribution in [0.3, 0.4) is 0 Å². The standard InChI is InChI=1S/C51H34N4/c1-33-19-21-36(22-20-33)50-40-13-5-8-16-43(40)52-51(53-50)37-25-23-34(24-26-37)35-27-29-39(30-28-35)55-45-18-10-7-15-42(45)49-47(55)32-31-46-48(49)41-14-6-9-17-44(41)54(46)38-11-3-2-4-12-38/h2-32H,1H3/i2D,3D,4D,5D,6D,7D,8D,9D,10D,11D,12D,13D,14D,15D,16D,17D,18D,19D,20D,21D,22D,23D,24D,25D,26D,27D,28D,29D,30D,31D,32D. The normalized spacial score (nSPS) is 19.6. The molecule has 3 aromatic heterocycles. The van der Waals surface area contributed by atoms with Crippen molar-refractivity contribution in [3.8, 4) is 45.1 Å². The third-order valence-electron chi connectivity index (χ3n) is 8.72. The van der Waals surface area contributed by atoms with E-state index in [4.69, 9.17) is 24.7 Å². The summed E-state index contributed by atoms with van der Waals surface area (Å²) in [6.45, 7) is 1.31. The van der Waals surface area contributed by atoms with Gasteiger partial charge >= 0.3 is 0 Å². The number of benzene rings is 8. The second-order valence-electron chi connectivity index (χ2n) is 11.9. The Hall–Kier alpha value is -7.30. The van der Waals surface area contributed by atoms with Gasteiger partial charge in [0.25, 0.3) is 0 Å². The first-order chi connectivity index (χ1) is 40.1. The number of aromatic nitrogens is 4. The van der Waals surface area contributed by atoms with Gasteiger partial charge in [0.1, 0.15) is 0 Å². The lowest BCUT2D eigenvalue weighted by molar-refractivity contribution is 1.17. The van der Waals surface area contributed by atoms with Crippen LogP contribution in [0.1, 0.15) is 48.1 Å². The minimum atomic E-state index is -1.13.